The van der Waals surface area contributed by atoms with Crippen LogP contribution in [-0.2, 0) is 0 Å². The molecule has 108 valence electrons. The molecule has 1 fully saturated rings. The second kappa shape index (κ2) is 5.40. The first-order valence-corrected chi connectivity index (χ1v) is 6.89. The van der Waals surface area contributed by atoms with Crippen molar-refractivity contribution >= 4 is 11.6 Å². The summed E-state index contributed by atoms with van der Waals surface area (Å²) >= 11 is 0. The number of hydrogen-bond acceptors (Lipinski definition) is 4. The second-order valence-corrected chi connectivity index (χ2v) is 5.04. The third-order valence-electron chi connectivity index (χ3n) is 3.61. The summed E-state index contributed by atoms with van der Waals surface area (Å²) in [5.74, 6) is 0.441. The van der Waals surface area contributed by atoms with Gasteiger partial charge in [-0.25, -0.2) is 4.98 Å². The van der Waals surface area contributed by atoms with E-state index in [1.165, 1.54) is 10.8 Å². The molecule has 21 heavy (non-hydrogen) atoms. The lowest BCUT2D eigenvalue weighted by atomic mass is 10.2. The number of nitrogen functional groups attached to an aromatic ring is 1. The smallest absolute Gasteiger partial charge is 0.279 e. The molecule has 0 radical (unpaired) electrons. The molecule has 1 aliphatic heterocycles. The molecule has 3 heterocycles. The molecule has 0 bridgehead atoms. The van der Waals surface area contributed by atoms with E-state index < -0.39 is 0 Å². The Bertz CT molecular complexity index is 715. The molecule has 0 atom stereocenters. The second-order valence-electron chi connectivity index (χ2n) is 5.04. The summed E-state index contributed by atoms with van der Waals surface area (Å²) in [6, 6.07) is 6.58. The standard InChI is InChI=1S/C15H16N4O2/c16-12-4-3-9-19(15(12)21)13-6-5-11(10-17-13)14(20)18-7-1-2-8-18/h3-6,9-10H,1-2,7-8,16H2. The Morgan fingerprint density at radius 3 is 2.62 bits per heavy atom. The van der Waals surface area contributed by atoms with Crippen LogP contribution in [0.5, 0.6) is 0 Å². The Hall–Kier alpha value is -2.63. The van der Waals surface area contributed by atoms with Crippen LogP contribution in [-0.4, -0.2) is 33.4 Å². The molecule has 0 unspecified atom stereocenters. The summed E-state index contributed by atoms with van der Waals surface area (Å²) in [5, 5.41) is 0. The highest BCUT2D eigenvalue weighted by Crippen LogP contribution is 2.13. The minimum absolute atomic E-state index is 0.00790. The Balaban J connectivity index is 1.89. The Kier molecular flexibility index (Phi) is 3.43. The van der Waals surface area contributed by atoms with Crippen molar-refractivity contribution in [3.8, 4) is 5.82 Å². The lowest BCUT2D eigenvalue weighted by Gasteiger charge is -2.15. The predicted molar refractivity (Wildman–Crippen MR) is 79.4 cm³/mol. The number of carbonyl (C=O) groups is 1. The summed E-state index contributed by atoms with van der Waals surface area (Å²) < 4.78 is 1.36. The van der Waals surface area contributed by atoms with Gasteiger partial charge in [-0.05, 0) is 37.1 Å². The number of rotatable bonds is 2. The van der Waals surface area contributed by atoms with E-state index in [4.69, 9.17) is 5.73 Å². The summed E-state index contributed by atoms with van der Waals surface area (Å²) in [5.41, 5.74) is 5.98. The summed E-state index contributed by atoms with van der Waals surface area (Å²) in [6.45, 7) is 1.60. The molecule has 0 aromatic carbocycles. The first-order chi connectivity index (χ1) is 10.2. The van der Waals surface area contributed by atoms with Crippen molar-refractivity contribution in [2.24, 2.45) is 0 Å². The fourth-order valence-corrected chi connectivity index (χ4v) is 2.45. The normalized spacial score (nSPS) is 14.4. The Morgan fingerprint density at radius 1 is 1.19 bits per heavy atom. The van der Waals surface area contributed by atoms with E-state index in [1.54, 1.807) is 30.5 Å². The van der Waals surface area contributed by atoms with E-state index in [9.17, 15) is 9.59 Å². The highest BCUT2D eigenvalue weighted by molar-refractivity contribution is 5.94. The molecule has 0 aliphatic carbocycles. The summed E-state index contributed by atoms with van der Waals surface area (Å²) in [6.07, 6.45) is 5.21. The zero-order chi connectivity index (χ0) is 14.8. The molecule has 1 saturated heterocycles. The van der Waals surface area contributed by atoms with E-state index >= 15 is 0 Å². The third-order valence-corrected chi connectivity index (χ3v) is 3.61. The van der Waals surface area contributed by atoms with E-state index in [0.717, 1.165) is 25.9 Å². The molecule has 2 N–H and O–H groups in total. The van der Waals surface area contributed by atoms with Gasteiger partial charge in [0.1, 0.15) is 5.82 Å². The van der Waals surface area contributed by atoms with Gasteiger partial charge in [0.15, 0.2) is 0 Å². The van der Waals surface area contributed by atoms with Crippen molar-refractivity contribution in [3.05, 3.63) is 52.6 Å². The molecule has 1 aliphatic rings. The summed E-state index contributed by atoms with van der Waals surface area (Å²) in [7, 11) is 0. The van der Waals surface area contributed by atoms with Crippen LogP contribution in [0.1, 0.15) is 23.2 Å². The lowest BCUT2D eigenvalue weighted by Crippen LogP contribution is -2.28. The zero-order valence-electron chi connectivity index (χ0n) is 11.5. The Labute approximate surface area is 121 Å². The van der Waals surface area contributed by atoms with Gasteiger partial charge >= 0.3 is 0 Å². The maximum absolute atomic E-state index is 12.2. The quantitative estimate of drug-likeness (QED) is 0.893. The largest absolute Gasteiger partial charge is 0.394 e. The van der Waals surface area contributed by atoms with Crippen LogP contribution in [0.3, 0.4) is 0 Å². The van der Waals surface area contributed by atoms with Gasteiger partial charge in [-0.1, -0.05) is 0 Å². The van der Waals surface area contributed by atoms with Gasteiger partial charge in [0, 0.05) is 25.5 Å². The molecule has 0 spiro atoms. The molecule has 3 rings (SSSR count). The topological polar surface area (TPSA) is 81.2 Å². The van der Waals surface area contributed by atoms with Gasteiger partial charge in [0.2, 0.25) is 0 Å². The van der Waals surface area contributed by atoms with Gasteiger partial charge < -0.3 is 10.6 Å². The number of amides is 1. The van der Waals surface area contributed by atoms with E-state index in [1.807, 2.05) is 4.90 Å². The molecular formula is C15H16N4O2. The van der Waals surface area contributed by atoms with Crippen LogP contribution >= 0.6 is 0 Å². The number of aromatic nitrogens is 2. The van der Waals surface area contributed by atoms with E-state index in [0.29, 0.717) is 11.4 Å². The summed E-state index contributed by atoms with van der Waals surface area (Å²) in [4.78, 5) is 30.2. The molecule has 1 amide bonds. The average molecular weight is 284 g/mol. The minimum Gasteiger partial charge on any atom is -0.394 e. The van der Waals surface area contributed by atoms with Gasteiger partial charge in [0.05, 0.1) is 11.3 Å². The van der Waals surface area contributed by atoms with Crippen molar-refractivity contribution in [2.45, 2.75) is 12.8 Å². The van der Waals surface area contributed by atoms with Crippen molar-refractivity contribution < 1.29 is 4.79 Å². The first kappa shape index (κ1) is 13.4. The molecule has 0 saturated carbocycles. The molecule has 2 aromatic rings. The van der Waals surface area contributed by atoms with Crippen molar-refractivity contribution in [1.82, 2.24) is 14.5 Å². The number of pyridine rings is 2. The van der Waals surface area contributed by atoms with Gasteiger partial charge in [0.25, 0.3) is 11.5 Å². The van der Waals surface area contributed by atoms with Gasteiger partial charge in [-0.15, -0.1) is 0 Å². The fraction of sp³-hybridized carbons (Fsp3) is 0.267. The maximum atomic E-state index is 12.2. The van der Waals surface area contributed by atoms with Crippen LogP contribution in [0, 0.1) is 0 Å². The van der Waals surface area contributed by atoms with Crippen molar-refractivity contribution in [1.29, 1.82) is 0 Å². The molecular weight excluding hydrogens is 268 g/mol. The average Bonchev–Trinajstić information content (AvgIpc) is 3.04. The number of anilines is 1. The fourth-order valence-electron chi connectivity index (χ4n) is 2.45. The molecule has 2 aromatic heterocycles. The minimum atomic E-state index is -0.316. The number of nitrogens with two attached hydrogens (primary N) is 1. The Morgan fingerprint density at radius 2 is 1.95 bits per heavy atom. The number of carbonyl (C=O) groups excluding carboxylic acids is 1. The molecule has 6 heteroatoms. The number of nitrogens with zero attached hydrogens (tertiary/aromatic N) is 3. The first-order valence-electron chi connectivity index (χ1n) is 6.89. The monoisotopic (exact) mass is 284 g/mol. The van der Waals surface area contributed by atoms with Crippen LogP contribution in [0.25, 0.3) is 5.82 Å². The van der Waals surface area contributed by atoms with Gasteiger partial charge in [-0.2, -0.15) is 0 Å². The van der Waals surface area contributed by atoms with Crippen molar-refractivity contribution in [3.63, 3.8) is 0 Å². The van der Waals surface area contributed by atoms with Gasteiger partial charge in [-0.3, -0.25) is 14.2 Å². The van der Waals surface area contributed by atoms with Crippen molar-refractivity contribution in [2.75, 3.05) is 18.8 Å². The SMILES string of the molecule is Nc1cccn(-c2ccc(C(=O)N3CCCC3)cn2)c1=O. The number of likely N-dealkylation sites (tertiary alicyclic amines) is 1. The highest BCUT2D eigenvalue weighted by atomic mass is 16.2. The van der Waals surface area contributed by atoms with E-state index in [-0.39, 0.29) is 17.2 Å². The highest BCUT2D eigenvalue weighted by Gasteiger charge is 2.19. The van der Waals surface area contributed by atoms with Crippen LogP contribution in [0.4, 0.5) is 5.69 Å². The maximum Gasteiger partial charge on any atom is 0.279 e. The zero-order valence-corrected chi connectivity index (χ0v) is 11.5. The lowest BCUT2D eigenvalue weighted by molar-refractivity contribution is 0.0792. The van der Waals surface area contributed by atoms with Crippen LogP contribution < -0.4 is 11.3 Å². The predicted octanol–water partition coefficient (Wildman–Crippen LogP) is 1.05. The van der Waals surface area contributed by atoms with Crippen LogP contribution in [0.15, 0.2) is 41.5 Å². The molecule has 6 nitrogen and oxygen atoms in total. The third kappa shape index (κ3) is 2.52. The number of hydrogen-bond donors (Lipinski definition) is 1. The van der Waals surface area contributed by atoms with Crippen LogP contribution in [0.2, 0.25) is 0 Å². The van der Waals surface area contributed by atoms with E-state index in [2.05, 4.69) is 4.98 Å².